The number of nitrogens with one attached hydrogen (secondary N) is 1. The number of benzene rings is 1. The highest BCUT2D eigenvalue weighted by Gasteiger charge is 2.25. The van der Waals surface area contributed by atoms with Crippen LogP contribution in [-0.4, -0.2) is 6.04 Å². The highest BCUT2D eigenvalue weighted by atomic mass is 14.9. The van der Waals surface area contributed by atoms with E-state index in [1.165, 1.54) is 31.2 Å². The third-order valence-electron chi connectivity index (χ3n) is 3.64. The van der Waals surface area contributed by atoms with Crippen molar-refractivity contribution in [1.29, 1.82) is 0 Å². The first kappa shape index (κ1) is 11.7. The van der Waals surface area contributed by atoms with Crippen LogP contribution in [0.15, 0.2) is 24.3 Å². The first-order valence-corrected chi connectivity index (χ1v) is 6.66. The van der Waals surface area contributed by atoms with Crippen LogP contribution in [-0.2, 0) is 6.54 Å². The molecule has 2 rings (SSSR count). The number of hydrogen-bond donors (Lipinski definition) is 1. The van der Waals surface area contributed by atoms with Gasteiger partial charge in [0.1, 0.15) is 0 Å². The lowest BCUT2D eigenvalue weighted by Gasteiger charge is -2.16. The lowest BCUT2D eigenvalue weighted by atomic mass is 10.0. The SMILES string of the molecule is CCC(CC)NCc1ccccc1C1CC1. The fraction of sp³-hybridized carbons (Fsp3) is 0.600. The largest absolute Gasteiger partial charge is 0.310 e. The topological polar surface area (TPSA) is 12.0 Å². The van der Waals surface area contributed by atoms with Gasteiger partial charge in [-0.1, -0.05) is 38.1 Å². The van der Waals surface area contributed by atoms with Crippen LogP contribution in [0.5, 0.6) is 0 Å². The predicted octanol–water partition coefficient (Wildman–Crippen LogP) is 3.84. The van der Waals surface area contributed by atoms with Gasteiger partial charge >= 0.3 is 0 Å². The van der Waals surface area contributed by atoms with Gasteiger partial charge in [-0.15, -0.1) is 0 Å². The van der Waals surface area contributed by atoms with Gasteiger partial charge in [-0.05, 0) is 42.7 Å². The lowest BCUT2D eigenvalue weighted by Crippen LogP contribution is -2.27. The van der Waals surface area contributed by atoms with E-state index in [0.717, 1.165) is 12.5 Å². The Morgan fingerprint density at radius 3 is 2.50 bits per heavy atom. The predicted molar refractivity (Wildman–Crippen MR) is 69.6 cm³/mol. The molecule has 0 unspecified atom stereocenters. The minimum absolute atomic E-state index is 0.673. The maximum atomic E-state index is 3.66. The molecule has 0 bridgehead atoms. The second-order valence-electron chi connectivity index (χ2n) is 4.87. The van der Waals surface area contributed by atoms with E-state index in [-0.39, 0.29) is 0 Å². The van der Waals surface area contributed by atoms with Crippen LogP contribution < -0.4 is 5.32 Å². The lowest BCUT2D eigenvalue weighted by molar-refractivity contribution is 0.483. The molecule has 1 aliphatic rings. The van der Waals surface area contributed by atoms with Gasteiger partial charge in [0.2, 0.25) is 0 Å². The quantitative estimate of drug-likeness (QED) is 0.763. The molecule has 0 amide bonds. The van der Waals surface area contributed by atoms with Crippen LogP contribution in [0.4, 0.5) is 0 Å². The van der Waals surface area contributed by atoms with E-state index in [0.29, 0.717) is 6.04 Å². The number of rotatable bonds is 6. The zero-order valence-corrected chi connectivity index (χ0v) is 10.5. The summed E-state index contributed by atoms with van der Waals surface area (Å²) in [6.45, 7) is 5.56. The molecular formula is C15H23N. The summed E-state index contributed by atoms with van der Waals surface area (Å²) in [7, 11) is 0. The van der Waals surface area contributed by atoms with E-state index in [4.69, 9.17) is 0 Å². The Bertz CT molecular complexity index is 324. The van der Waals surface area contributed by atoms with Crippen molar-refractivity contribution in [2.45, 2.75) is 58.0 Å². The Labute approximate surface area is 99.3 Å². The summed E-state index contributed by atoms with van der Waals surface area (Å²) in [5.74, 6) is 0.861. The average molecular weight is 217 g/mol. The first-order chi connectivity index (χ1) is 7.85. The summed E-state index contributed by atoms with van der Waals surface area (Å²) in [5.41, 5.74) is 3.10. The molecule has 1 N–H and O–H groups in total. The van der Waals surface area contributed by atoms with Gasteiger partial charge in [0.25, 0.3) is 0 Å². The van der Waals surface area contributed by atoms with Crippen LogP contribution >= 0.6 is 0 Å². The third-order valence-corrected chi connectivity index (χ3v) is 3.64. The van der Waals surface area contributed by atoms with Gasteiger partial charge in [0.05, 0.1) is 0 Å². The maximum Gasteiger partial charge on any atom is 0.0210 e. The minimum atomic E-state index is 0.673. The molecule has 1 aliphatic carbocycles. The molecule has 0 atom stereocenters. The van der Waals surface area contributed by atoms with E-state index >= 15 is 0 Å². The molecule has 0 radical (unpaired) electrons. The van der Waals surface area contributed by atoms with Gasteiger partial charge in [-0.25, -0.2) is 0 Å². The maximum absolute atomic E-state index is 3.66. The van der Waals surface area contributed by atoms with Crippen molar-refractivity contribution >= 4 is 0 Å². The van der Waals surface area contributed by atoms with Crippen LogP contribution in [0.25, 0.3) is 0 Å². The summed E-state index contributed by atoms with van der Waals surface area (Å²) >= 11 is 0. The number of hydrogen-bond acceptors (Lipinski definition) is 1. The van der Waals surface area contributed by atoms with Crippen molar-refractivity contribution in [1.82, 2.24) is 5.32 Å². The van der Waals surface area contributed by atoms with Crippen LogP contribution in [0.3, 0.4) is 0 Å². The van der Waals surface area contributed by atoms with E-state index in [2.05, 4.69) is 43.4 Å². The zero-order chi connectivity index (χ0) is 11.4. The molecule has 1 aromatic carbocycles. The summed E-state index contributed by atoms with van der Waals surface area (Å²) in [6.07, 6.45) is 5.23. The van der Waals surface area contributed by atoms with Gasteiger partial charge in [0.15, 0.2) is 0 Å². The molecule has 1 heteroatoms. The molecule has 0 heterocycles. The van der Waals surface area contributed by atoms with Crippen molar-refractivity contribution in [2.24, 2.45) is 0 Å². The third kappa shape index (κ3) is 2.85. The minimum Gasteiger partial charge on any atom is -0.310 e. The molecule has 1 nitrogen and oxygen atoms in total. The average Bonchev–Trinajstić information content (AvgIpc) is 3.15. The van der Waals surface area contributed by atoms with Crippen molar-refractivity contribution in [2.75, 3.05) is 0 Å². The summed E-state index contributed by atoms with van der Waals surface area (Å²) in [4.78, 5) is 0. The second-order valence-corrected chi connectivity index (χ2v) is 4.87. The van der Waals surface area contributed by atoms with Gasteiger partial charge < -0.3 is 5.32 Å². The molecule has 0 saturated heterocycles. The van der Waals surface area contributed by atoms with Crippen LogP contribution in [0.1, 0.15) is 56.6 Å². The Kier molecular flexibility index (Phi) is 4.00. The molecule has 0 spiro atoms. The Hall–Kier alpha value is -0.820. The zero-order valence-electron chi connectivity index (χ0n) is 10.5. The molecule has 1 saturated carbocycles. The summed E-state index contributed by atoms with van der Waals surface area (Å²) < 4.78 is 0. The van der Waals surface area contributed by atoms with E-state index in [1.54, 1.807) is 5.56 Å². The first-order valence-electron chi connectivity index (χ1n) is 6.66. The van der Waals surface area contributed by atoms with Crippen molar-refractivity contribution in [3.8, 4) is 0 Å². The van der Waals surface area contributed by atoms with Crippen LogP contribution in [0, 0.1) is 0 Å². The fourth-order valence-corrected chi connectivity index (χ4v) is 2.32. The smallest absolute Gasteiger partial charge is 0.0210 e. The fourth-order valence-electron chi connectivity index (χ4n) is 2.32. The Morgan fingerprint density at radius 1 is 1.19 bits per heavy atom. The Morgan fingerprint density at radius 2 is 1.88 bits per heavy atom. The standard InChI is InChI=1S/C15H23N/c1-3-14(4-2)16-11-13-7-5-6-8-15(13)12-9-10-12/h5-8,12,14,16H,3-4,9-11H2,1-2H3. The van der Waals surface area contributed by atoms with E-state index in [9.17, 15) is 0 Å². The van der Waals surface area contributed by atoms with Crippen molar-refractivity contribution in [3.05, 3.63) is 35.4 Å². The van der Waals surface area contributed by atoms with Gasteiger partial charge in [0, 0.05) is 12.6 Å². The second kappa shape index (κ2) is 5.49. The monoisotopic (exact) mass is 217 g/mol. The Balaban J connectivity index is 1.97. The normalized spacial score (nSPS) is 15.7. The summed E-state index contributed by atoms with van der Waals surface area (Å²) in [6, 6.07) is 9.60. The molecule has 0 aromatic heterocycles. The van der Waals surface area contributed by atoms with Gasteiger partial charge in [-0.2, -0.15) is 0 Å². The highest BCUT2D eigenvalue weighted by Crippen LogP contribution is 2.41. The van der Waals surface area contributed by atoms with Crippen LogP contribution in [0.2, 0.25) is 0 Å². The van der Waals surface area contributed by atoms with Crippen molar-refractivity contribution < 1.29 is 0 Å². The molecular weight excluding hydrogens is 194 g/mol. The van der Waals surface area contributed by atoms with E-state index in [1.807, 2.05) is 0 Å². The van der Waals surface area contributed by atoms with E-state index < -0.39 is 0 Å². The molecule has 88 valence electrons. The van der Waals surface area contributed by atoms with Gasteiger partial charge in [-0.3, -0.25) is 0 Å². The molecule has 1 aromatic rings. The molecule has 0 aliphatic heterocycles. The molecule has 16 heavy (non-hydrogen) atoms. The molecule has 1 fully saturated rings. The summed E-state index contributed by atoms with van der Waals surface area (Å²) in [5, 5.41) is 3.66. The highest BCUT2D eigenvalue weighted by molar-refractivity contribution is 5.33. The van der Waals surface area contributed by atoms with Crippen molar-refractivity contribution in [3.63, 3.8) is 0 Å².